The molecule has 0 bridgehead atoms. The first-order valence-electron chi connectivity index (χ1n) is 12.1. The summed E-state index contributed by atoms with van der Waals surface area (Å²) in [6.45, 7) is 0.169. The normalized spacial score (nSPS) is 11.8. The number of nitrogens with zero attached hydrogens (tertiary/aromatic N) is 2. The predicted molar refractivity (Wildman–Crippen MR) is 149 cm³/mol. The number of hydrogen-bond acceptors (Lipinski definition) is 5. The summed E-state index contributed by atoms with van der Waals surface area (Å²) in [4.78, 5) is 29.1. The number of aromatic nitrogens is 1. The number of aliphatic carboxylic acids is 1. The molecular weight excluding hydrogens is 652 g/mol. The molecule has 0 saturated heterocycles. The number of benzene rings is 3. The maximum atomic E-state index is 13.4. The van der Waals surface area contributed by atoms with Crippen LogP contribution >= 0.6 is 27.3 Å². The molecule has 3 aromatic carbocycles. The van der Waals surface area contributed by atoms with Gasteiger partial charge in [-0.15, -0.1) is 11.3 Å². The minimum Gasteiger partial charge on any atom is -0.481 e. The molecule has 4 aromatic rings. The van der Waals surface area contributed by atoms with E-state index in [-0.39, 0.29) is 36.8 Å². The van der Waals surface area contributed by atoms with E-state index in [1.165, 1.54) is 5.38 Å². The van der Waals surface area contributed by atoms with E-state index in [4.69, 9.17) is 5.11 Å². The lowest BCUT2D eigenvalue weighted by Crippen LogP contribution is -2.26. The van der Waals surface area contributed by atoms with Crippen LogP contribution in [0.3, 0.4) is 0 Å². The summed E-state index contributed by atoms with van der Waals surface area (Å²) >= 11 is 4.40. The van der Waals surface area contributed by atoms with E-state index in [9.17, 15) is 35.9 Å². The molecule has 0 atom stereocenters. The lowest BCUT2D eigenvalue weighted by molar-refractivity contribution is -0.143. The molecule has 0 fully saturated rings. The summed E-state index contributed by atoms with van der Waals surface area (Å²) < 4.78 is 81.2. The zero-order valence-corrected chi connectivity index (χ0v) is 23.7. The number of anilines is 2. The predicted octanol–water partition coefficient (Wildman–Crippen LogP) is 8.15. The number of hydrogen-bond donors (Lipinski definition) is 2. The van der Waals surface area contributed by atoms with Gasteiger partial charge in [0, 0.05) is 33.2 Å². The van der Waals surface area contributed by atoms with Crippen LogP contribution in [-0.4, -0.2) is 28.5 Å². The molecule has 0 unspecified atom stereocenters. The van der Waals surface area contributed by atoms with Crippen molar-refractivity contribution < 1.29 is 41.0 Å². The van der Waals surface area contributed by atoms with Crippen molar-refractivity contribution in [2.24, 2.45) is 0 Å². The molecule has 2 N–H and O–H groups in total. The largest absolute Gasteiger partial charge is 0.481 e. The Morgan fingerprint density at radius 1 is 0.905 bits per heavy atom. The number of halogens is 7. The van der Waals surface area contributed by atoms with Crippen molar-refractivity contribution in [2.45, 2.75) is 25.3 Å². The number of carbonyl (C=O) groups excluding carboxylic acids is 1. The first kappa shape index (κ1) is 31.0. The molecule has 1 aromatic heterocycles. The van der Waals surface area contributed by atoms with Gasteiger partial charge in [-0.25, -0.2) is 4.98 Å². The number of amides is 1. The molecule has 1 heterocycles. The first-order chi connectivity index (χ1) is 19.7. The lowest BCUT2D eigenvalue weighted by Gasteiger charge is -2.22. The van der Waals surface area contributed by atoms with Gasteiger partial charge in [-0.2, -0.15) is 26.3 Å². The fourth-order valence-corrected chi connectivity index (χ4v) is 4.96. The molecule has 0 aliphatic heterocycles. The lowest BCUT2D eigenvalue weighted by atomic mass is 10.0. The SMILES string of the molecule is O=C(O)CCNC(=O)c1ccc(CN(c2ccc(Br)cc2)c2nc(-c3cc(C(F)(F)F)cc(C(F)(F)F)c3)cs2)cc1. The maximum absolute atomic E-state index is 13.4. The number of carboxylic acids is 1. The van der Waals surface area contributed by atoms with Crippen LogP contribution in [0.4, 0.5) is 37.2 Å². The zero-order valence-electron chi connectivity index (χ0n) is 21.3. The standard InChI is InChI=1S/C28H20BrF6N3O3S/c29-21-5-7-22(8-6-21)38(14-16-1-3-17(4-2-16)25(41)36-10-9-24(39)40)26-37-23(15-42-26)18-11-19(27(30,31)32)13-20(12-18)28(33,34)35/h1-8,11-13,15H,9-10,14H2,(H,36,41)(H,39,40). The van der Waals surface area contributed by atoms with E-state index in [2.05, 4.69) is 26.2 Å². The summed E-state index contributed by atoms with van der Waals surface area (Å²) in [5.41, 5.74) is -1.57. The minimum atomic E-state index is -4.99. The van der Waals surface area contributed by atoms with Gasteiger partial charge in [-0.3, -0.25) is 9.59 Å². The highest BCUT2D eigenvalue weighted by molar-refractivity contribution is 9.10. The first-order valence-corrected chi connectivity index (χ1v) is 13.8. The van der Waals surface area contributed by atoms with E-state index in [0.717, 1.165) is 21.4 Å². The van der Waals surface area contributed by atoms with Crippen LogP contribution < -0.4 is 10.2 Å². The van der Waals surface area contributed by atoms with Crippen LogP contribution in [0.25, 0.3) is 11.3 Å². The molecule has 14 heteroatoms. The molecule has 220 valence electrons. The van der Waals surface area contributed by atoms with Crippen molar-refractivity contribution in [3.63, 3.8) is 0 Å². The average Bonchev–Trinajstić information content (AvgIpc) is 3.41. The summed E-state index contributed by atoms with van der Waals surface area (Å²) in [6, 6.07) is 14.9. The Morgan fingerprint density at radius 2 is 1.50 bits per heavy atom. The highest BCUT2D eigenvalue weighted by Gasteiger charge is 2.37. The van der Waals surface area contributed by atoms with Gasteiger partial charge in [0.2, 0.25) is 0 Å². The second kappa shape index (κ2) is 12.5. The Labute approximate surface area is 247 Å². The van der Waals surface area contributed by atoms with Crippen molar-refractivity contribution in [2.75, 3.05) is 11.4 Å². The Morgan fingerprint density at radius 3 is 2.05 bits per heavy atom. The zero-order chi connectivity index (χ0) is 30.7. The Bertz CT molecular complexity index is 1540. The van der Waals surface area contributed by atoms with E-state index in [1.54, 1.807) is 53.4 Å². The molecule has 6 nitrogen and oxygen atoms in total. The molecular formula is C28H20BrF6N3O3S. The van der Waals surface area contributed by atoms with Crippen LogP contribution in [-0.2, 0) is 23.7 Å². The summed E-state index contributed by atoms with van der Waals surface area (Å²) in [5, 5.41) is 12.9. The quantitative estimate of drug-likeness (QED) is 0.176. The smallest absolute Gasteiger partial charge is 0.416 e. The van der Waals surface area contributed by atoms with E-state index >= 15 is 0 Å². The minimum absolute atomic E-state index is 0.0318. The molecule has 0 spiro atoms. The fourth-order valence-electron chi connectivity index (χ4n) is 3.84. The highest BCUT2D eigenvalue weighted by Crippen LogP contribution is 2.40. The monoisotopic (exact) mass is 671 g/mol. The number of carbonyl (C=O) groups is 2. The second-order valence-electron chi connectivity index (χ2n) is 8.97. The molecule has 4 rings (SSSR count). The topological polar surface area (TPSA) is 82.5 Å². The number of alkyl halides is 6. The van der Waals surface area contributed by atoms with Crippen molar-refractivity contribution >= 4 is 50.0 Å². The van der Waals surface area contributed by atoms with Crippen LogP contribution in [0.5, 0.6) is 0 Å². The Balaban J connectivity index is 1.65. The summed E-state index contributed by atoms with van der Waals surface area (Å²) in [5.74, 6) is -1.49. The molecule has 0 radical (unpaired) electrons. The second-order valence-corrected chi connectivity index (χ2v) is 10.7. The summed E-state index contributed by atoms with van der Waals surface area (Å²) in [6.07, 6.45) is -10.2. The highest BCUT2D eigenvalue weighted by atomic mass is 79.9. The van der Waals surface area contributed by atoms with Crippen molar-refractivity contribution in [3.05, 3.63) is 98.8 Å². The van der Waals surface area contributed by atoms with Crippen molar-refractivity contribution in [1.82, 2.24) is 10.3 Å². The van der Waals surface area contributed by atoms with E-state index in [1.807, 2.05) is 0 Å². The third-order valence-corrected chi connectivity index (χ3v) is 7.32. The van der Waals surface area contributed by atoms with Gasteiger partial charge < -0.3 is 15.3 Å². The van der Waals surface area contributed by atoms with Gasteiger partial charge in [0.1, 0.15) is 0 Å². The number of carboxylic acid groups (broad SMARTS) is 1. The Hall–Kier alpha value is -3.91. The maximum Gasteiger partial charge on any atom is 0.416 e. The van der Waals surface area contributed by atoms with Crippen molar-refractivity contribution in [3.8, 4) is 11.3 Å². The molecule has 1 amide bonds. The third-order valence-electron chi connectivity index (χ3n) is 5.93. The molecule has 0 aliphatic rings. The van der Waals surface area contributed by atoms with Crippen LogP contribution in [0.1, 0.15) is 33.5 Å². The molecule has 42 heavy (non-hydrogen) atoms. The van der Waals surface area contributed by atoms with Gasteiger partial charge in [-0.1, -0.05) is 28.1 Å². The number of thiazole rings is 1. The Kier molecular flexibility index (Phi) is 9.26. The average molecular weight is 672 g/mol. The van der Waals surface area contributed by atoms with Gasteiger partial charge in [0.05, 0.1) is 29.8 Å². The number of rotatable bonds is 9. The molecule has 0 saturated carbocycles. The van der Waals surface area contributed by atoms with E-state index < -0.39 is 35.4 Å². The van der Waals surface area contributed by atoms with Gasteiger partial charge >= 0.3 is 18.3 Å². The van der Waals surface area contributed by atoms with Crippen molar-refractivity contribution in [1.29, 1.82) is 0 Å². The van der Waals surface area contributed by atoms with Gasteiger partial charge in [0.25, 0.3) is 5.91 Å². The van der Waals surface area contributed by atoms with Crippen LogP contribution in [0.2, 0.25) is 0 Å². The molecule has 0 aliphatic carbocycles. The fraction of sp³-hybridized carbons (Fsp3) is 0.179. The van der Waals surface area contributed by atoms with Gasteiger partial charge in [-0.05, 0) is 60.2 Å². The summed E-state index contributed by atoms with van der Waals surface area (Å²) in [7, 11) is 0. The van der Waals surface area contributed by atoms with Crippen LogP contribution in [0, 0.1) is 0 Å². The van der Waals surface area contributed by atoms with E-state index in [0.29, 0.717) is 28.5 Å². The number of nitrogens with one attached hydrogen (secondary N) is 1. The van der Waals surface area contributed by atoms with Gasteiger partial charge in [0.15, 0.2) is 5.13 Å². The third kappa shape index (κ3) is 7.88. The van der Waals surface area contributed by atoms with Crippen LogP contribution in [0.15, 0.2) is 76.6 Å².